The second-order valence-electron chi connectivity index (χ2n) is 5.33. The Kier molecular flexibility index (Phi) is 4.60. The van der Waals surface area contributed by atoms with Crippen molar-refractivity contribution in [1.29, 1.82) is 0 Å². The molecule has 2 aromatic heterocycles. The van der Waals surface area contributed by atoms with E-state index in [2.05, 4.69) is 25.8 Å². The summed E-state index contributed by atoms with van der Waals surface area (Å²) in [5.74, 6) is 1.67. The molecular weight excluding hydrogens is 322 g/mol. The number of carbonyl (C=O) groups is 1. The molecule has 3 aromatic rings. The Morgan fingerprint density at radius 1 is 1.08 bits per heavy atom. The average Bonchev–Trinajstić information content (AvgIpc) is 2.99. The van der Waals surface area contributed by atoms with Gasteiger partial charge >= 0.3 is 5.97 Å². The topological polar surface area (TPSA) is 102 Å². The third-order valence-electron chi connectivity index (χ3n) is 3.32. The second-order valence-corrected chi connectivity index (χ2v) is 5.33. The number of anilines is 4. The second kappa shape index (κ2) is 7.00. The van der Waals surface area contributed by atoms with Gasteiger partial charge in [-0.05, 0) is 26.0 Å². The number of rotatable bonds is 5. The molecule has 8 heteroatoms. The molecule has 1 aromatic carbocycles. The monoisotopic (exact) mass is 339 g/mol. The van der Waals surface area contributed by atoms with E-state index >= 15 is 0 Å². The third kappa shape index (κ3) is 3.92. The highest BCUT2D eigenvalue weighted by Crippen LogP contribution is 2.22. The maximum atomic E-state index is 11.9. The van der Waals surface area contributed by atoms with E-state index in [0.29, 0.717) is 34.6 Å². The molecule has 0 spiro atoms. The quantitative estimate of drug-likeness (QED) is 0.682. The molecule has 0 fully saturated rings. The van der Waals surface area contributed by atoms with Crippen LogP contribution in [-0.4, -0.2) is 28.2 Å². The van der Waals surface area contributed by atoms with Gasteiger partial charge in [0.25, 0.3) is 0 Å². The van der Waals surface area contributed by atoms with Crippen molar-refractivity contribution in [2.24, 2.45) is 0 Å². The maximum absolute atomic E-state index is 11.9. The number of esters is 1. The van der Waals surface area contributed by atoms with Crippen LogP contribution in [0.15, 0.2) is 40.9 Å². The highest BCUT2D eigenvalue weighted by Gasteiger charge is 2.12. The fourth-order valence-corrected chi connectivity index (χ4v) is 2.25. The standard InChI is InChI=1S/C17H17N5O3/c1-10-8-14(19-13-7-5-4-6-12(13)16(23)24-3)20-17(18-10)21-15-9-11(2)25-22-15/h4-9H,1-3H3,(H2,18,19,20,21,22). The van der Waals surface area contributed by atoms with Gasteiger partial charge in [-0.15, -0.1) is 0 Å². The molecule has 0 amide bonds. The van der Waals surface area contributed by atoms with Crippen LogP contribution in [0.3, 0.4) is 0 Å². The minimum Gasteiger partial charge on any atom is -0.465 e. The van der Waals surface area contributed by atoms with Crippen LogP contribution in [0.4, 0.5) is 23.3 Å². The van der Waals surface area contributed by atoms with Gasteiger partial charge in [0.1, 0.15) is 11.6 Å². The van der Waals surface area contributed by atoms with Gasteiger partial charge in [0.05, 0.1) is 18.4 Å². The molecule has 0 radical (unpaired) electrons. The molecule has 25 heavy (non-hydrogen) atoms. The molecule has 0 bridgehead atoms. The van der Waals surface area contributed by atoms with Crippen LogP contribution >= 0.6 is 0 Å². The zero-order valence-corrected chi connectivity index (χ0v) is 14.0. The lowest BCUT2D eigenvalue weighted by Crippen LogP contribution is -2.07. The number of hydrogen-bond donors (Lipinski definition) is 2. The van der Waals surface area contributed by atoms with E-state index in [-0.39, 0.29) is 0 Å². The summed E-state index contributed by atoms with van der Waals surface area (Å²) in [6, 6.07) is 10.6. The number of benzene rings is 1. The number of aryl methyl sites for hydroxylation is 2. The number of nitrogens with zero attached hydrogens (tertiary/aromatic N) is 3. The van der Waals surface area contributed by atoms with E-state index in [0.717, 1.165) is 5.69 Å². The van der Waals surface area contributed by atoms with Gasteiger partial charge in [-0.3, -0.25) is 0 Å². The van der Waals surface area contributed by atoms with E-state index in [1.54, 1.807) is 37.3 Å². The van der Waals surface area contributed by atoms with Crippen LogP contribution in [0, 0.1) is 13.8 Å². The van der Waals surface area contributed by atoms with E-state index in [1.165, 1.54) is 7.11 Å². The van der Waals surface area contributed by atoms with Crippen LogP contribution in [0.2, 0.25) is 0 Å². The van der Waals surface area contributed by atoms with Crippen molar-refractivity contribution in [3.63, 3.8) is 0 Å². The lowest BCUT2D eigenvalue weighted by molar-refractivity contribution is 0.0602. The first kappa shape index (κ1) is 16.4. The summed E-state index contributed by atoms with van der Waals surface area (Å²) in [7, 11) is 1.34. The largest absolute Gasteiger partial charge is 0.465 e. The van der Waals surface area contributed by atoms with E-state index < -0.39 is 5.97 Å². The van der Waals surface area contributed by atoms with Crippen molar-refractivity contribution in [2.45, 2.75) is 13.8 Å². The fourth-order valence-electron chi connectivity index (χ4n) is 2.25. The molecule has 0 aliphatic heterocycles. The van der Waals surface area contributed by atoms with Gasteiger partial charge in [0, 0.05) is 17.8 Å². The van der Waals surface area contributed by atoms with E-state index in [9.17, 15) is 4.79 Å². The SMILES string of the molecule is COC(=O)c1ccccc1Nc1cc(C)nc(Nc2cc(C)on2)n1. The van der Waals surface area contributed by atoms with Gasteiger partial charge in [-0.25, -0.2) is 9.78 Å². The van der Waals surface area contributed by atoms with Gasteiger partial charge in [0.2, 0.25) is 5.95 Å². The van der Waals surface area contributed by atoms with E-state index in [4.69, 9.17) is 9.26 Å². The Hall–Kier alpha value is -3.42. The highest BCUT2D eigenvalue weighted by molar-refractivity contribution is 5.96. The first-order chi connectivity index (χ1) is 12.0. The van der Waals surface area contributed by atoms with Gasteiger partial charge in [-0.2, -0.15) is 4.98 Å². The molecule has 0 saturated heterocycles. The van der Waals surface area contributed by atoms with Crippen molar-refractivity contribution in [3.8, 4) is 0 Å². The molecule has 8 nitrogen and oxygen atoms in total. The Morgan fingerprint density at radius 2 is 1.88 bits per heavy atom. The zero-order chi connectivity index (χ0) is 17.8. The minimum absolute atomic E-state index is 0.367. The van der Waals surface area contributed by atoms with Crippen LogP contribution in [0.1, 0.15) is 21.8 Å². The summed E-state index contributed by atoms with van der Waals surface area (Å²) in [4.78, 5) is 20.6. The molecule has 2 N–H and O–H groups in total. The minimum atomic E-state index is -0.426. The highest BCUT2D eigenvalue weighted by atomic mass is 16.5. The van der Waals surface area contributed by atoms with Gasteiger partial charge in [0.15, 0.2) is 5.82 Å². The number of methoxy groups -OCH3 is 1. The zero-order valence-electron chi connectivity index (χ0n) is 14.0. The number of ether oxygens (including phenoxy) is 1. The summed E-state index contributed by atoms with van der Waals surface area (Å²) in [5, 5.41) is 9.96. The number of para-hydroxylation sites is 1. The van der Waals surface area contributed by atoms with E-state index in [1.807, 2.05) is 13.0 Å². The van der Waals surface area contributed by atoms with Crippen molar-refractivity contribution in [1.82, 2.24) is 15.1 Å². The molecule has 2 heterocycles. The first-order valence-corrected chi connectivity index (χ1v) is 7.55. The first-order valence-electron chi connectivity index (χ1n) is 7.55. The van der Waals surface area contributed by atoms with Crippen molar-refractivity contribution in [3.05, 3.63) is 53.4 Å². The summed E-state index contributed by atoms with van der Waals surface area (Å²) in [6.45, 7) is 3.64. The predicted molar refractivity (Wildman–Crippen MR) is 92.4 cm³/mol. The van der Waals surface area contributed by atoms with Crippen LogP contribution in [0.25, 0.3) is 0 Å². The number of aromatic nitrogens is 3. The van der Waals surface area contributed by atoms with Crippen LogP contribution < -0.4 is 10.6 Å². The molecular formula is C17H17N5O3. The molecule has 0 saturated carbocycles. The van der Waals surface area contributed by atoms with Crippen molar-refractivity contribution < 1.29 is 14.1 Å². The van der Waals surface area contributed by atoms with Crippen molar-refractivity contribution in [2.75, 3.05) is 17.7 Å². The summed E-state index contributed by atoms with van der Waals surface area (Å²) >= 11 is 0. The van der Waals surface area contributed by atoms with Crippen LogP contribution in [0.5, 0.6) is 0 Å². The van der Waals surface area contributed by atoms with Gasteiger partial charge in [-0.1, -0.05) is 17.3 Å². The predicted octanol–water partition coefficient (Wildman–Crippen LogP) is 3.36. The molecule has 0 aliphatic rings. The molecule has 128 valence electrons. The molecule has 0 unspecified atom stereocenters. The molecule has 0 aliphatic carbocycles. The third-order valence-corrected chi connectivity index (χ3v) is 3.32. The molecule has 0 atom stereocenters. The summed E-state index contributed by atoms with van der Waals surface area (Å²) in [6.07, 6.45) is 0. The number of nitrogens with one attached hydrogen (secondary N) is 2. The number of hydrogen-bond acceptors (Lipinski definition) is 8. The molecule has 3 rings (SSSR count). The summed E-state index contributed by atoms with van der Waals surface area (Å²) < 4.78 is 9.81. The lowest BCUT2D eigenvalue weighted by atomic mass is 10.2. The Bertz CT molecular complexity index is 907. The Labute approximate surface area is 144 Å². The summed E-state index contributed by atoms with van der Waals surface area (Å²) in [5.41, 5.74) is 1.76. The van der Waals surface area contributed by atoms with Crippen LogP contribution in [-0.2, 0) is 4.74 Å². The Morgan fingerprint density at radius 3 is 2.60 bits per heavy atom. The fraction of sp³-hybridized carbons (Fsp3) is 0.176. The van der Waals surface area contributed by atoms with Gasteiger partial charge < -0.3 is 19.9 Å². The van der Waals surface area contributed by atoms with Crippen molar-refractivity contribution >= 4 is 29.2 Å². The average molecular weight is 339 g/mol. The lowest BCUT2D eigenvalue weighted by Gasteiger charge is -2.11. The maximum Gasteiger partial charge on any atom is 0.339 e. The normalized spacial score (nSPS) is 10.4. The smallest absolute Gasteiger partial charge is 0.339 e. The Balaban J connectivity index is 1.87. The number of carbonyl (C=O) groups excluding carboxylic acids is 1.